The van der Waals surface area contributed by atoms with Gasteiger partial charge in [-0.3, -0.25) is 5.43 Å². The van der Waals surface area contributed by atoms with Gasteiger partial charge in [0, 0.05) is 22.1 Å². The van der Waals surface area contributed by atoms with Crippen LogP contribution < -0.4 is 5.43 Å². The van der Waals surface area contributed by atoms with Crippen LogP contribution in [-0.4, -0.2) is 23.4 Å². The molecule has 3 fully saturated rings. The van der Waals surface area contributed by atoms with Crippen molar-refractivity contribution in [3.05, 3.63) is 33.6 Å². The molecule has 3 saturated carbocycles. The van der Waals surface area contributed by atoms with E-state index in [2.05, 4.69) is 57.6 Å². The van der Waals surface area contributed by atoms with E-state index < -0.39 is 0 Å². The van der Waals surface area contributed by atoms with E-state index in [0.717, 1.165) is 17.7 Å². The van der Waals surface area contributed by atoms with Gasteiger partial charge in [-0.05, 0) is 71.5 Å². The number of hydrogen-bond donors (Lipinski definition) is 1. The third-order valence-electron chi connectivity index (χ3n) is 6.11. The van der Waals surface area contributed by atoms with Crippen LogP contribution in [0.4, 0.5) is 0 Å². The van der Waals surface area contributed by atoms with Crippen LogP contribution in [0.3, 0.4) is 0 Å². The van der Waals surface area contributed by atoms with E-state index in [4.69, 9.17) is 5.10 Å². The summed E-state index contributed by atoms with van der Waals surface area (Å²) in [4.78, 5) is 3.71. The molecule has 4 aliphatic rings. The van der Waals surface area contributed by atoms with E-state index in [9.17, 15) is 0 Å². The molecule has 1 aromatic carbocycles. The van der Waals surface area contributed by atoms with Gasteiger partial charge in [0.2, 0.25) is 0 Å². The third kappa shape index (κ3) is 1.96. The molecule has 1 aliphatic heterocycles. The number of amidine groups is 1. The summed E-state index contributed by atoms with van der Waals surface area (Å²) in [6.45, 7) is 0. The maximum absolute atomic E-state index is 4.80. The number of hydrogen-bond acceptors (Lipinski definition) is 4. The van der Waals surface area contributed by atoms with Crippen LogP contribution in [0.15, 0.2) is 33.8 Å². The Hall–Kier alpha value is -1.07. The highest BCUT2D eigenvalue weighted by Gasteiger charge is 2.53. The van der Waals surface area contributed by atoms with Gasteiger partial charge in [0.15, 0.2) is 5.84 Å². The minimum Gasteiger partial charge on any atom is -0.333 e. The predicted molar refractivity (Wildman–Crippen MR) is 99.8 cm³/mol. The number of hydrazone groups is 1. The van der Waals surface area contributed by atoms with Gasteiger partial charge >= 0.3 is 0 Å². The van der Waals surface area contributed by atoms with E-state index in [1.54, 1.807) is 0 Å². The lowest BCUT2D eigenvalue weighted by Gasteiger charge is -2.52. The Morgan fingerprint density at radius 2 is 2.13 bits per heavy atom. The second-order valence-electron chi connectivity index (χ2n) is 7.22. The largest absolute Gasteiger partial charge is 0.333 e. The fourth-order valence-corrected chi connectivity index (χ4v) is 6.56. The van der Waals surface area contributed by atoms with E-state index in [0.29, 0.717) is 0 Å². The summed E-state index contributed by atoms with van der Waals surface area (Å²) in [7, 11) is 2.24. The van der Waals surface area contributed by atoms with E-state index in [-0.39, 0.29) is 5.66 Å². The molecule has 3 nitrogen and oxygen atoms in total. The molecule has 3 aliphatic carbocycles. The van der Waals surface area contributed by atoms with Crippen molar-refractivity contribution in [2.24, 2.45) is 16.9 Å². The molecular weight excluding hydrogens is 370 g/mol. The van der Waals surface area contributed by atoms with Gasteiger partial charge in [-0.2, -0.15) is 5.10 Å². The number of nitrogens with one attached hydrogen (secondary N) is 1. The second-order valence-corrected chi connectivity index (χ2v) is 9.13. The Balaban J connectivity index is 1.53. The Labute approximate surface area is 148 Å². The molecule has 6 rings (SSSR count). The first-order chi connectivity index (χ1) is 11.2. The molecule has 1 aromatic heterocycles. The summed E-state index contributed by atoms with van der Waals surface area (Å²) < 4.78 is 2.48. The van der Waals surface area contributed by atoms with Crippen molar-refractivity contribution in [3.63, 3.8) is 0 Å². The van der Waals surface area contributed by atoms with Crippen molar-refractivity contribution in [2.75, 3.05) is 7.05 Å². The van der Waals surface area contributed by atoms with Crippen LogP contribution in [0.1, 0.15) is 37.0 Å². The van der Waals surface area contributed by atoms with Gasteiger partial charge < -0.3 is 4.90 Å². The first-order valence-electron chi connectivity index (χ1n) is 8.44. The van der Waals surface area contributed by atoms with Gasteiger partial charge in [-0.1, -0.05) is 12.1 Å². The van der Waals surface area contributed by atoms with Crippen molar-refractivity contribution >= 4 is 43.2 Å². The highest BCUT2D eigenvalue weighted by molar-refractivity contribution is 9.10. The van der Waals surface area contributed by atoms with E-state index in [1.165, 1.54) is 51.5 Å². The predicted octanol–water partition coefficient (Wildman–Crippen LogP) is 4.77. The summed E-state index contributed by atoms with van der Waals surface area (Å²) in [5.74, 6) is 2.73. The molecule has 0 unspecified atom stereocenters. The lowest BCUT2D eigenvalue weighted by molar-refractivity contribution is -0.0196. The summed E-state index contributed by atoms with van der Waals surface area (Å²) >= 11 is 5.50. The zero-order valence-electron chi connectivity index (χ0n) is 13.2. The Kier molecular flexibility index (Phi) is 3.08. The van der Waals surface area contributed by atoms with Crippen molar-refractivity contribution in [1.29, 1.82) is 0 Å². The fraction of sp³-hybridized carbons (Fsp3) is 0.500. The lowest BCUT2D eigenvalue weighted by atomic mass is 9.64. The summed E-state index contributed by atoms with van der Waals surface area (Å²) in [5, 5.41) is 6.09. The zero-order valence-corrected chi connectivity index (χ0v) is 15.6. The number of thiophene rings is 1. The molecule has 5 heteroatoms. The van der Waals surface area contributed by atoms with Crippen molar-refractivity contribution in [3.8, 4) is 0 Å². The molecular formula is C18H20BrN3S. The number of nitrogens with zero attached hydrogens (tertiary/aromatic N) is 2. The monoisotopic (exact) mass is 389 g/mol. The molecule has 0 amide bonds. The van der Waals surface area contributed by atoms with Gasteiger partial charge in [-0.25, -0.2) is 0 Å². The van der Waals surface area contributed by atoms with Gasteiger partial charge in [-0.15, -0.1) is 11.3 Å². The standard InChI is InChI=1S/C18H20BrN3S/c1-22-17(15-9-12-3-2-4-14(19)16(12)23-15)20-21-18(22)10-11-5-7-13(18)8-6-11/h2-4,9,11,13,21H,5-8,10H2,1H3/t11?,13?,18-/m0/s1. The summed E-state index contributed by atoms with van der Waals surface area (Å²) in [5.41, 5.74) is 3.64. The van der Waals surface area contributed by atoms with Crippen molar-refractivity contribution in [1.82, 2.24) is 10.3 Å². The average molecular weight is 390 g/mol. The highest BCUT2D eigenvalue weighted by atomic mass is 79.9. The first kappa shape index (κ1) is 14.3. The maximum atomic E-state index is 4.80. The maximum Gasteiger partial charge on any atom is 0.167 e. The van der Waals surface area contributed by atoms with Crippen LogP contribution in [-0.2, 0) is 0 Å². The van der Waals surface area contributed by atoms with E-state index in [1.807, 2.05) is 11.3 Å². The molecule has 1 atom stereocenters. The molecule has 0 saturated heterocycles. The molecule has 1 spiro atoms. The second kappa shape index (κ2) is 4.96. The fourth-order valence-electron chi connectivity index (χ4n) is 4.85. The minimum atomic E-state index is 0.0733. The molecule has 1 N–H and O–H groups in total. The smallest absolute Gasteiger partial charge is 0.167 e. The normalized spacial score (nSPS) is 32.6. The van der Waals surface area contributed by atoms with E-state index >= 15 is 0 Å². The van der Waals surface area contributed by atoms with Crippen LogP contribution in [0, 0.1) is 11.8 Å². The number of benzene rings is 1. The highest BCUT2D eigenvalue weighted by Crippen LogP contribution is 2.50. The number of halogens is 1. The topological polar surface area (TPSA) is 27.6 Å². The molecule has 120 valence electrons. The molecule has 0 radical (unpaired) electrons. The Morgan fingerprint density at radius 3 is 2.83 bits per heavy atom. The SMILES string of the molecule is CN1C(c2cc3cccc(Br)c3s2)=NN[C@@]12CC1CCC2CC1. The molecule has 2 bridgehead atoms. The minimum absolute atomic E-state index is 0.0733. The molecule has 23 heavy (non-hydrogen) atoms. The molecule has 2 heterocycles. The van der Waals surface area contributed by atoms with Crippen LogP contribution in [0.25, 0.3) is 10.1 Å². The first-order valence-corrected chi connectivity index (χ1v) is 10.1. The quantitative estimate of drug-likeness (QED) is 0.760. The van der Waals surface area contributed by atoms with Gasteiger partial charge in [0.05, 0.1) is 4.88 Å². The number of fused-ring (bicyclic) bond motifs is 3. The number of rotatable bonds is 1. The third-order valence-corrected chi connectivity index (χ3v) is 8.21. The summed E-state index contributed by atoms with van der Waals surface area (Å²) in [6.07, 6.45) is 6.77. The van der Waals surface area contributed by atoms with Crippen molar-refractivity contribution in [2.45, 2.75) is 37.8 Å². The van der Waals surface area contributed by atoms with Crippen LogP contribution in [0.5, 0.6) is 0 Å². The van der Waals surface area contributed by atoms with Gasteiger partial charge in [0.25, 0.3) is 0 Å². The lowest BCUT2D eigenvalue weighted by Crippen LogP contribution is -2.62. The summed E-state index contributed by atoms with van der Waals surface area (Å²) in [6, 6.07) is 8.68. The van der Waals surface area contributed by atoms with Crippen molar-refractivity contribution < 1.29 is 0 Å². The Bertz CT molecular complexity index is 806. The molecule has 2 aromatic rings. The van der Waals surface area contributed by atoms with Crippen LogP contribution in [0.2, 0.25) is 0 Å². The van der Waals surface area contributed by atoms with Crippen LogP contribution >= 0.6 is 27.3 Å². The average Bonchev–Trinajstić information content (AvgIpc) is 3.13. The van der Waals surface area contributed by atoms with Gasteiger partial charge in [0.1, 0.15) is 5.66 Å². The zero-order chi connectivity index (χ0) is 15.6. The Morgan fingerprint density at radius 1 is 1.30 bits per heavy atom.